The van der Waals surface area contributed by atoms with E-state index in [1.54, 1.807) is 44.7 Å². The number of amidine groups is 1. The van der Waals surface area contributed by atoms with Gasteiger partial charge < -0.3 is 15.1 Å². The maximum atomic E-state index is 10.5. The van der Waals surface area contributed by atoms with Gasteiger partial charge in [-0.15, -0.1) is 0 Å². The molecule has 0 bridgehead atoms. The Kier molecular flexibility index (Phi) is 12.2. The molecule has 0 spiro atoms. The van der Waals surface area contributed by atoms with Crippen molar-refractivity contribution in [1.82, 2.24) is 25.1 Å². The zero-order valence-electron chi connectivity index (χ0n) is 18.9. The molecule has 0 aliphatic rings. The fourth-order valence-electron chi connectivity index (χ4n) is 2.54. The van der Waals surface area contributed by atoms with E-state index in [9.17, 15) is 10.1 Å². The molecule has 0 saturated heterocycles. The number of hydrogen-bond donors (Lipinski definition) is 1. The van der Waals surface area contributed by atoms with Gasteiger partial charge in [-0.25, -0.2) is 9.97 Å². The second-order valence-corrected chi connectivity index (χ2v) is 7.43. The molecule has 0 radical (unpaired) electrons. The van der Waals surface area contributed by atoms with Crippen LogP contribution in [0, 0.1) is 21.6 Å². The van der Waals surface area contributed by atoms with Gasteiger partial charge in [-0.1, -0.05) is 35.3 Å². The summed E-state index contributed by atoms with van der Waals surface area (Å²) in [6.07, 6.45) is 6.07. The summed E-state index contributed by atoms with van der Waals surface area (Å²) in [6, 6.07) is 7.17. The number of hydrogen-bond acceptors (Lipinski definition) is 8. The van der Waals surface area contributed by atoms with Gasteiger partial charge in [0.25, 0.3) is 6.20 Å². The lowest BCUT2D eigenvalue weighted by Gasteiger charge is -2.23. The molecular formula is C21H26Cl2N8O2. The van der Waals surface area contributed by atoms with Crippen molar-refractivity contribution in [2.45, 2.75) is 26.9 Å². The summed E-state index contributed by atoms with van der Waals surface area (Å²) in [6.45, 7) is 5.53. The normalized spacial score (nSPS) is 11.1. The largest absolute Gasteiger partial charge is 0.370 e. The highest BCUT2D eigenvalue weighted by atomic mass is 35.5. The molecule has 10 nitrogen and oxygen atoms in total. The number of halogens is 2. The Hall–Kier alpha value is -3.42. The third-order valence-electron chi connectivity index (χ3n) is 4.34. The molecular weight excluding hydrogens is 467 g/mol. The Balaban J connectivity index is 0.000000335. The van der Waals surface area contributed by atoms with Gasteiger partial charge in [0.15, 0.2) is 5.82 Å². The number of aliphatic imine (C=N–C) groups is 1. The summed E-state index contributed by atoms with van der Waals surface area (Å²) in [5.41, 5.74) is 1.96. The zero-order chi connectivity index (χ0) is 24.8. The molecule has 0 amide bonds. The highest BCUT2D eigenvalue weighted by Crippen LogP contribution is 2.11. The average Bonchev–Trinajstić information content (AvgIpc) is 2.79. The minimum atomic E-state index is -0.478. The van der Waals surface area contributed by atoms with E-state index in [0.29, 0.717) is 41.6 Å². The molecule has 0 fully saturated rings. The molecule has 2 heterocycles. The molecule has 2 aromatic heterocycles. The first-order valence-corrected chi connectivity index (χ1v) is 10.6. The predicted octanol–water partition coefficient (Wildman–Crippen LogP) is 3.92. The van der Waals surface area contributed by atoms with Crippen molar-refractivity contribution in [3.05, 3.63) is 80.2 Å². The summed E-state index contributed by atoms with van der Waals surface area (Å²) < 4.78 is 0. The monoisotopic (exact) mass is 492 g/mol. The number of nitro groups is 1. The Morgan fingerprint density at radius 3 is 2.15 bits per heavy atom. The Labute approximate surface area is 203 Å². The van der Waals surface area contributed by atoms with Crippen LogP contribution in [0.25, 0.3) is 0 Å². The average molecular weight is 493 g/mol. The van der Waals surface area contributed by atoms with Crippen LogP contribution in [0.4, 0.5) is 0 Å². The number of pyridine rings is 2. The minimum absolute atomic E-state index is 0.427. The first-order valence-electron chi connectivity index (χ1n) is 9.83. The maximum Gasteiger partial charge on any atom is 0.274 e. The fraction of sp³-hybridized carbons (Fsp3) is 0.333. The van der Waals surface area contributed by atoms with Crippen LogP contribution in [0.5, 0.6) is 0 Å². The summed E-state index contributed by atoms with van der Waals surface area (Å²) >= 11 is 11.4. The van der Waals surface area contributed by atoms with Gasteiger partial charge in [0.1, 0.15) is 16.1 Å². The van der Waals surface area contributed by atoms with Crippen molar-refractivity contribution in [2.24, 2.45) is 4.99 Å². The molecule has 33 heavy (non-hydrogen) atoms. The smallest absolute Gasteiger partial charge is 0.274 e. The van der Waals surface area contributed by atoms with E-state index in [2.05, 4.69) is 20.3 Å². The SMILES string of the molecule is CC(=NC#N)N(C)Cc1ccc(Cl)nc1.CCN(Cc1ccc(Cl)nc1)/C(=C/[N+](=O)[O-])NC. The molecule has 2 rings (SSSR count). The van der Waals surface area contributed by atoms with Crippen LogP contribution < -0.4 is 5.32 Å². The van der Waals surface area contributed by atoms with Gasteiger partial charge >= 0.3 is 0 Å². The number of nitriles is 1. The lowest BCUT2D eigenvalue weighted by Crippen LogP contribution is -2.30. The van der Waals surface area contributed by atoms with Gasteiger partial charge in [-0.3, -0.25) is 10.1 Å². The van der Waals surface area contributed by atoms with E-state index in [-0.39, 0.29) is 0 Å². The highest BCUT2D eigenvalue weighted by Gasteiger charge is 2.11. The lowest BCUT2D eigenvalue weighted by atomic mass is 10.2. The Morgan fingerprint density at radius 1 is 1.21 bits per heavy atom. The van der Waals surface area contributed by atoms with Gasteiger partial charge in [0.05, 0.1) is 4.92 Å². The van der Waals surface area contributed by atoms with E-state index in [1.165, 1.54) is 0 Å². The van der Waals surface area contributed by atoms with Crippen molar-refractivity contribution in [2.75, 3.05) is 20.6 Å². The van der Waals surface area contributed by atoms with E-state index in [4.69, 9.17) is 28.5 Å². The standard InChI is InChI=1S/C11H15ClN4O2.C10H11ClN4/c1-3-15(11(13-2)8-16(17)18)7-9-4-5-10(12)14-6-9;1-8(14-7-12)15(2)6-9-3-4-10(11)13-5-9/h4-6,8,13H,3,7H2,1-2H3;3-5H,6H2,1-2H3/b11-8+;. The Bertz CT molecular complexity index is 989. The highest BCUT2D eigenvalue weighted by molar-refractivity contribution is 6.29. The first kappa shape index (κ1) is 27.6. The van der Waals surface area contributed by atoms with Gasteiger partial charge in [0.2, 0.25) is 6.19 Å². The molecule has 1 N–H and O–H groups in total. The molecule has 0 aliphatic heterocycles. The predicted molar refractivity (Wildman–Crippen MR) is 129 cm³/mol. The number of rotatable bonds is 8. The molecule has 2 aromatic rings. The van der Waals surface area contributed by atoms with E-state index >= 15 is 0 Å². The van der Waals surface area contributed by atoms with Gasteiger partial charge in [-0.05, 0) is 37.1 Å². The number of aromatic nitrogens is 2. The summed E-state index contributed by atoms with van der Waals surface area (Å²) in [5, 5.41) is 22.6. The van der Waals surface area contributed by atoms with Crippen molar-refractivity contribution in [3.63, 3.8) is 0 Å². The van der Waals surface area contributed by atoms with Crippen LogP contribution in [0.15, 0.2) is 53.7 Å². The fourth-order valence-corrected chi connectivity index (χ4v) is 2.76. The third-order valence-corrected chi connectivity index (χ3v) is 4.79. The second-order valence-electron chi connectivity index (χ2n) is 6.66. The van der Waals surface area contributed by atoms with E-state index in [0.717, 1.165) is 17.3 Å². The van der Waals surface area contributed by atoms with Crippen LogP contribution >= 0.6 is 23.2 Å². The van der Waals surface area contributed by atoms with Crippen LogP contribution in [-0.2, 0) is 13.1 Å². The first-order chi connectivity index (χ1) is 15.7. The van der Waals surface area contributed by atoms with E-state index in [1.807, 2.05) is 35.9 Å². The van der Waals surface area contributed by atoms with Crippen molar-refractivity contribution < 1.29 is 4.92 Å². The lowest BCUT2D eigenvalue weighted by molar-refractivity contribution is -0.404. The summed E-state index contributed by atoms with van der Waals surface area (Å²) in [5.74, 6) is 1.13. The summed E-state index contributed by atoms with van der Waals surface area (Å²) in [4.78, 5) is 25.3. The van der Waals surface area contributed by atoms with Crippen LogP contribution in [0.3, 0.4) is 0 Å². The van der Waals surface area contributed by atoms with E-state index < -0.39 is 4.92 Å². The molecule has 176 valence electrons. The molecule has 0 aliphatic carbocycles. The van der Waals surface area contributed by atoms with Crippen LogP contribution in [0.2, 0.25) is 10.3 Å². The zero-order valence-corrected chi connectivity index (χ0v) is 20.4. The maximum absolute atomic E-state index is 10.5. The molecule has 0 saturated carbocycles. The van der Waals surface area contributed by atoms with Crippen molar-refractivity contribution in [3.8, 4) is 6.19 Å². The third kappa shape index (κ3) is 10.6. The minimum Gasteiger partial charge on any atom is -0.370 e. The second kappa shape index (κ2) is 14.6. The quantitative estimate of drug-likeness (QED) is 0.147. The molecule has 0 atom stereocenters. The topological polar surface area (TPSA) is 124 Å². The Morgan fingerprint density at radius 2 is 1.76 bits per heavy atom. The summed E-state index contributed by atoms with van der Waals surface area (Å²) in [7, 11) is 3.52. The van der Waals surface area contributed by atoms with Gasteiger partial charge in [-0.2, -0.15) is 10.3 Å². The molecule has 0 aromatic carbocycles. The van der Waals surface area contributed by atoms with Crippen molar-refractivity contribution >= 4 is 29.0 Å². The molecule has 12 heteroatoms. The van der Waals surface area contributed by atoms with Crippen LogP contribution in [-0.4, -0.2) is 51.2 Å². The number of nitrogens with zero attached hydrogens (tertiary/aromatic N) is 7. The van der Waals surface area contributed by atoms with Gasteiger partial charge in [0, 0.05) is 46.1 Å². The number of nitrogens with one attached hydrogen (secondary N) is 1. The van der Waals surface area contributed by atoms with Crippen molar-refractivity contribution in [1.29, 1.82) is 5.26 Å². The van der Waals surface area contributed by atoms with Crippen LogP contribution in [0.1, 0.15) is 25.0 Å². The molecule has 0 unspecified atom stereocenters.